The number of benzene rings is 2. The minimum absolute atomic E-state index is 0.0842. The van der Waals surface area contributed by atoms with Gasteiger partial charge in [0.25, 0.3) is 11.6 Å². The number of carbonyl (C=O) groups excluding carboxylic acids is 1. The van der Waals surface area contributed by atoms with Crippen molar-refractivity contribution in [3.05, 3.63) is 63.7 Å². The van der Waals surface area contributed by atoms with Crippen molar-refractivity contribution in [2.45, 2.75) is 11.3 Å². The number of nitro benzene ring substituents is 1. The van der Waals surface area contributed by atoms with Crippen molar-refractivity contribution < 1.29 is 18.1 Å². The Labute approximate surface area is 174 Å². The number of rotatable bonds is 4. The number of hydrogen-bond acceptors (Lipinski definition) is 7. The zero-order valence-electron chi connectivity index (χ0n) is 16.3. The molecule has 1 aliphatic rings. The molecule has 3 rings (SSSR count). The zero-order chi connectivity index (χ0) is 21.9. The summed E-state index contributed by atoms with van der Waals surface area (Å²) in [6.45, 7) is 2.19. The lowest BCUT2D eigenvalue weighted by atomic mass is 10.1. The predicted molar refractivity (Wildman–Crippen MR) is 110 cm³/mol. The second kappa shape index (κ2) is 8.51. The summed E-state index contributed by atoms with van der Waals surface area (Å²) >= 11 is 0. The van der Waals surface area contributed by atoms with E-state index in [-0.39, 0.29) is 11.5 Å². The van der Waals surface area contributed by atoms with E-state index >= 15 is 0 Å². The Hall–Kier alpha value is -3.45. The van der Waals surface area contributed by atoms with Gasteiger partial charge in [0.05, 0.1) is 16.6 Å². The second-order valence-corrected chi connectivity index (χ2v) is 8.99. The number of carbonyl (C=O) groups is 1. The van der Waals surface area contributed by atoms with Crippen LogP contribution in [0.3, 0.4) is 0 Å². The van der Waals surface area contributed by atoms with Crippen molar-refractivity contribution in [1.82, 2.24) is 4.90 Å². The molecule has 1 heterocycles. The van der Waals surface area contributed by atoms with Crippen LogP contribution in [0.5, 0.6) is 0 Å². The number of nitriles is 1. The molecule has 9 nitrogen and oxygen atoms in total. The van der Waals surface area contributed by atoms with Gasteiger partial charge in [0.2, 0.25) is 0 Å². The first-order valence-corrected chi connectivity index (χ1v) is 11.1. The fourth-order valence-corrected chi connectivity index (χ4v) is 4.24. The van der Waals surface area contributed by atoms with Gasteiger partial charge in [-0.2, -0.15) is 5.26 Å². The van der Waals surface area contributed by atoms with Gasteiger partial charge < -0.3 is 9.80 Å². The molecule has 30 heavy (non-hydrogen) atoms. The zero-order valence-corrected chi connectivity index (χ0v) is 17.1. The molecule has 1 amide bonds. The Kier molecular flexibility index (Phi) is 6.03. The minimum atomic E-state index is -3.79. The van der Waals surface area contributed by atoms with Gasteiger partial charge in [-0.25, -0.2) is 8.42 Å². The minimum Gasteiger partial charge on any atom is -0.370 e. The van der Waals surface area contributed by atoms with E-state index in [1.54, 1.807) is 17.0 Å². The van der Waals surface area contributed by atoms with Crippen LogP contribution in [0.2, 0.25) is 0 Å². The smallest absolute Gasteiger partial charge is 0.288 e. The topological polar surface area (TPSA) is 125 Å². The lowest BCUT2D eigenvalue weighted by Gasteiger charge is -2.24. The molecule has 2 aromatic rings. The predicted octanol–water partition coefficient (Wildman–Crippen LogP) is 2.22. The number of nitro groups is 1. The molecular formula is C20H20N4O5S. The lowest BCUT2D eigenvalue weighted by Crippen LogP contribution is -2.35. The Morgan fingerprint density at radius 1 is 1.10 bits per heavy atom. The molecule has 1 fully saturated rings. The quantitative estimate of drug-likeness (QED) is 0.540. The molecule has 0 radical (unpaired) electrons. The molecule has 1 aliphatic heterocycles. The average Bonchev–Trinajstić information content (AvgIpc) is 2.98. The standard InChI is InChI=1S/C20H20N4O5S/c1-30(28,29)19-8-5-16(13-18(19)24(26)27)20(25)23-10-2-9-22(11-12-23)17-6-3-15(14-21)4-7-17/h3-8,13H,2,9-12H2,1H3. The molecule has 10 heteroatoms. The highest BCUT2D eigenvalue weighted by molar-refractivity contribution is 7.90. The summed E-state index contributed by atoms with van der Waals surface area (Å²) in [7, 11) is -3.79. The van der Waals surface area contributed by atoms with Crippen molar-refractivity contribution in [3.8, 4) is 6.07 Å². The van der Waals surface area contributed by atoms with E-state index in [4.69, 9.17) is 5.26 Å². The fraction of sp³-hybridized carbons (Fsp3) is 0.300. The summed E-state index contributed by atoms with van der Waals surface area (Å²) in [4.78, 5) is 26.8. The number of anilines is 1. The lowest BCUT2D eigenvalue weighted by molar-refractivity contribution is -0.387. The maximum absolute atomic E-state index is 12.9. The SMILES string of the molecule is CS(=O)(=O)c1ccc(C(=O)N2CCCN(c3ccc(C#N)cc3)CC2)cc1[N+](=O)[O-]. The summed E-state index contributed by atoms with van der Waals surface area (Å²) < 4.78 is 23.5. The number of sulfone groups is 1. The third-order valence-corrected chi connectivity index (χ3v) is 6.09. The molecule has 0 aliphatic carbocycles. The number of amides is 1. The third kappa shape index (κ3) is 4.58. The van der Waals surface area contributed by atoms with Crippen molar-refractivity contribution in [2.75, 3.05) is 37.3 Å². The molecular weight excluding hydrogens is 408 g/mol. The summed E-state index contributed by atoms with van der Waals surface area (Å²) in [6, 6.07) is 12.7. The van der Waals surface area contributed by atoms with Crippen LogP contribution in [0, 0.1) is 21.4 Å². The molecule has 0 spiro atoms. The first kappa shape index (κ1) is 21.3. The van der Waals surface area contributed by atoms with Crippen LogP contribution in [0.1, 0.15) is 22.3 Å². The number of hydrogen-bond donors (Lipinski definition) is 0. The van der Waals surface area contributed by atoms with E-state index in [0.717, 1.165) is 30.6 Å². The summed E-state index contributed by atoms with van der Waals surface area (Å²) in [5.74, 6) is -0.375. The Morgan fingerprint density at radius 2 is 1.80 bits per heavy atom. The van der Waals surface area contributed by atoms with Gasteiger partial charge in [0.15, 0.2) is 9.84 Å². The van der Waals surface area contributed by atoms with Crippen LogP contribution in [-0.4, -0.2) is 56.6 Å². The van der Waals surface area contributed by atoms with Crippen LogP contribution < -0.4 is 4.90 Å². The first-order chi connectivity index (χ1) is 14.2. The van der Waals surface area contributed by atoms with Crippen LogP contribution in [-0.2, 0) is 9.84 Å². The first-order valence-electron chi connectivity index (χ1n) is 9.23. The summed E-state index contributed by atoms with van der Waals surface area (Å²) in [5.41, 5.74) is 1.01. The van der Waals surface area contributed by atoms with E-state index in [1.165, 1.54) is 6.07 Å². The van der Waals surface area contributed by atoms with Gasteiger partial charge in [0, 0.05) is 49.8 Å². The van der Waals surface area contributed by atoms with Crippen LogP contribution in [0.25, 0.3) is 0 Å². The van der Waals surface area contributed by atoms with Crippen molar-refractivity contribution >= 4 is 27.1 Å². The van der Waals surface area contributed by atoms with Crippen LogP contribution in [0.4, 0.5) is 11.4 Å². The molecule has 0 unspecified atom stereocenters. The van der Waals surface area contributed by atoms with E-state index in [2.05, 4.69) is 11.0 Å². The highest BCUT2D eigenvalue weighted by atomic mass is 32.2. The van der Waals surface area contributed by atoms with E-state index in [9.17, 15) is 23.3 Å². The average molecular weight is 428 g/mol. The normalized spacial score (nSPS) is 14.7. The molecule has 0 N–H and O–H groups in total. The molecule has 1 saturated heterocycles. The Morgan fingerprint density at radius 3 is 2.40 bits per heavy atom. The van der Waals surface area contributed by atoms with Gasteiger partial charge in [-0.3, -0.25) is 14.9 Å². The van der Waals surface area contributed by atoms with Gasteiger partial charge in [0.1, 0.15) is 4.90 Å². The molecule has 0 bridgehead atoms. The summed E-state index contributed by atoms with van der Waals surface area (Å²) in [5, 5.41) is 20.2. The van der Waals surface area contributed by atoms with Crippen molar-refractivity contribution in [1.29, 1.82) is 5.26 Å². The van der Waals surface area contributed by atoms with Crippen molar-refractivity contribution in [3.63, 3.8) is 0 Å². The van der Waals surface area contributed by atoms with E-state index in [1.807, 2.05) is 12.1 Å². The monoisotopic (exact) mass is 428 g/mol. The van der Waals surface area contributed by atoms with Crippen LogP contribution in [0.15, 0.2) is 47.4 Å². The molecule has 0 atom stereocenters. The highest BCUT2D eigenvalue weighted by Crippen LogP contribution is 2.26. The fourth-order valence-electron chi connectivity index (χ4n) is 3.41. The molecule has 0 saturated carbocycles. The molecule has 2 aromatic carbocycles. The second-order valence-electron chi connectivity index (χ2n) is 7.00. The van der Waals surface area contributed by atoms with Gasteiger partial charge in [-0.05, 0) is 42.8 Å². The maximum atomic E-state index is 12.9. The van der Waals surface area contributed by atoms with Crippen LogP contribution >= 0.6 is 0 Å². The Bertz CT molecular complexity index is 1120. The summed E-state index contributed by atoms with van der Waals surface area (Å²) in [6.07, 6.45) is 1.60. The van der Waals surface area contributed by atoms with Gasteiger partial charge >= 0.3 is 0 Å². The van der Waals surface area contributed by atoms with Gasteiger partial charge in [-0.15, -0.1) is 0 Å². The Balaban J connectivity index is 1.78. The highest BCUT2D eigenvalue weighted by Gasteiger charge is 2.26. The van der Waals surface area contributed by atoms with Gasteiger partial charge in [-0.1, -0.05) is 0 Å². The molecule has 156 valence electrons. The largest absolute Gasteiger partial charge is 0.370 e. The van der Waals surface area contributed by atoms with E-state index < -0.39 is 25.3 Å². The third-order valence-electron chi connectivity index (χ3n) is 4.95. The van der Waals surface area contributed by atoms with E-state index in [0.29, 0.717) is 31.6 Å². The maximum Gasteiger partial charge on any atom is 0.288 e. The molecule has 0 aromatic heterocycles. The number of nitrogens with zero attached hydrogens (tertiary/aromatic N) is 4. The van der Waals surface area contributed by atoms with Crippen molar-refractivity contribution in [2.24, 2.45) is 0 Å².